The maximum absolute atomic E-state index is 12.1. The van der Waals surface area contributed by atoms with Crippen LogP contribution >= 0.6 is 45.8 Å². The molecule has 160 valence electrons. The Morgan fingerprint density at radius 2 is 1.77 bits per heavy atom. The van der Waals surface area contributed by atoms with Crippen molar-refractivity contribution in [3.63, 3.8) is 0 Å². The summed E-state index contributed by atoms with van der Waals surface area (Å²) in [5.74, 6) is 0.622. The van der Waals surface area contributed by atoms with Crippen LogP contribution in [0.5, 0.6) is 11.5 Å². The van der Waals surface area contributed by atoms with Gasteiger partial charge in [-0.25, -0.2) is 5.43 Å². The molecule has 0 aliphatic heterocycles. The largest absolute Gasteiger partial charge is 0.490 e. The lowest BCUT2D eigenvalue weighted by atomic mass is 10.2. The molecule has 1 amide bonds. The average Bonchev–Trinajstić information content (AvgIpc) is 2.75. The molecule has 0 heterocycles. The molecule has 31 heavy (non-hydrogen) atoms. The molecule has 3 aromatic carbocycles. The molecular formula is C23H19Cl2IN2O3. The summed E-state index contributed by atoms with van der Waals surface area (Å²) in [4.78, 5) is 12.1. The van der Waals surface area contributed by atoms with E-state index in [2.05, 4.69) is 33.1 Å². The monoisotopic (exact) mass is 568 g/mol. The van der Waals surface area contributed by atoms with Crippen molar-refractivity contribution in [3.8, 4) is 11.5 Å². The van der Waals surface area contributed by atoms with Gasteiger partial charge >= 0.3 is 0 Å². The van der Waals surface area contributed by atoms with Gasteiger partial charge in [-0.05, 0) is 89.2 Å². The third-order valence-electron chi connectivity index (χ3n) is 4.11. The molecule has 3 aromatic rings. The van der Waals surface area contributed by atoms with E-state index in [1.165, 1.54) is 6.21 Å². The van der Waals surface area contributed by atoms with Crippen molar-refractivity contribution in [2.45, 2.75) is 13.5 Å². The Kier molecular flexibility index (Phi) is 8.57. The highest BCUT2D eigenvalue weighted by Gasteiger charge is 2.13. The van der Waals surface area contributed by atoms with Crippen LogP contribution in [0, 0.1) is 3.57 Å². The van der Waals surface area contributed by atoms with Crippen LogP contribution in [-0.4, -0.2) is 18.7 Å². The average molecular weight is 569 g/mol. The van der Waals surface area contributed by atoms with Crippen molar-refractivity contribution < 1.29 is 14.3 Å². The highest BCUT2D eigenvalue weighted by molar-refractivity contribution is 14.1. The van der Waals surface area contributed by atoms with Crippen LogP contribution in [0.3, 0.4) is 0 Å². The van der Waals surface area contributed by atoms with Crippen molar-refractivity contribution in [2.24, 2.45) is 5.10 Å². The van der Waals surface area contributed by atoms with E-state index in [9.17, 15) is 4.79 Å². The quantitative estimate of drug-likeness (QED) is 0.196. The van der Waals surface area contributed by atoms with Gasteiger partial charge in [-0.3, -0.25) is 4.79 Å². The summed E-state index contributed by atoms with van der Waals surface area (Å²) in [6, 6.07) is 18.0. The van der Waals surface area contributed by atoms with Crippen molar-refractivity contribution in [3.05, 3.63) is 91.0 Å². The lowest BCUT2D eigenvalue weighted by molar-refractivity contribution is 0.0955. The number of nitrogens with one attached hydrogen (secondary N) is 1. The summed E-state index contributed by atoms with van der Waals surface area (Å²) in [5.41, 5.74) is 4.61. The van der Waals surface area contributed by atoms with E-state index < -0.39 is 0 Å². The van der Waals surface area contributed by atoms with Gasteiger partial charge < -0.3 is 9.47 Å². The lowest BCUT2D eigenvalue weighted by Gasteiger charge is -2.14. The molecule has 0 spiro atoms. The number of benzene rings is 3. The van der Waals surface area contributed by atoms with Crippen molar-refractivity contribution in [2.75, 3.05) is 6.61 Å². The maximum Gasteiger partial charge on any atom is 0.271 e. The number of carbonyl (C=O) groups is 1. The van der Waals surface area contributed by atoms with Crippen molar-refractivity contribution >= 4 is 57.9 Å². The third-order valence-corrected chi connectivity index (χ3v) is 5.37. The molecule has 3 rings (SSSR count). The zero-order chi connectivity index (χ0) is 22.2. The number of amides is 1. The standard InChI is InChI=1S/C23H19Cl2IN2O3/c1-2-30-21-12-16(13-27-28-23(29)17-5-7-18(24)8-6-17)11-20(25)22(21)31-14-15-3-9-19(26)10-4-15/h3-13H,2,14H2,1H3,(H,28,29)/b27-13-. The molecule has 0 aliphatic rings. The number of hydrogen-bond acceptors (Lipinski definition) is 4. The van der Waals surface area contributed by atoms with Gasteiger partial charge in [0.2, 0.25) is 0 Å². The Bertz CT molecular complexity index is 1070. The minimum absolute atomic E-state index is 0.346. The molecule has 0 radical (unpaired) electrons. The van der Waals surface area contributed by atoms with E-state index in [-0.39, 0.29) is 5.91 Å². The number of hydrazone groups is 1. The summed E-state index contributed by atoms with van der Waals surface area (Å²) >= 11 is 14.5. The van der Waals surface area contributed by atoms with Gasteiger partial charge in [0.15, 0.2) is 11.5 Å². The summed E-state index contributed by atoms with van der Waals surface area (Å²) < 4.78 is 12.8. The van der Waals surface area contributed by atoms with E-state index in [0.717, 1.165) is 9.13 Å². The van der Waals surface area contributed by atoms with Crippen LogP contribution in [0.15, 0.2) is 65.8 Å². The number of carbonyl (C=O) groups excluding carboxylic acids is 1. The first-order valence-electron chi connectivity index (χ1n) is 9.39. The van der Waals surface area contributed by atoms with Crippen molar-refractivity contribution in [1.29, 1.82) is 0 Å². The Morgan fingerprint density at radius 1 is 1.06 bits per heavy atom. The summed E-state index contributed by atoms with van der Waals surface area (Å²) in [7, 11) is 0. The lowest BCUT2D eigenvalue weighted by Crippen LogP contribution is -2.17. The zero-order valence-corrected chi connectivity index (χ0v) is 20.2. The second kappa shape index (κ2) is 11.4. The Morgan fingerprint density at radius 3 is 2.45 bits per heavy atom. The second-order valence-corrected chi connectivity index (χ2v) is 8.47. The summed E-state index contributed by atoms with van der Waals surface area (Å²) in [6.45, 7) is 2.69. The molecular weight excluding hydrogens is 550 g/mol. The van der Waals surface area contributed by atoms with Crippen LogP contribution in [0.25, 0.3) is 0 Å². The molecule has 0 bridgehead atoms. The van der Waals surface area contributed by atoms with E-state index in [1.807, 2.05) is 31.2 Å². The highest BCUT2D eigenvalue weighted by atomic mass is 127. The van der Waals surface area contributed by atoms with Gasteiger partial charge in [-0.2, -0.15) is 5.10 Å². The molecule has 0 unspecified atom stereocenters. The van der Waals surface area contributed by atoms with Gasteiger partial charge in [-0.15, -0.1) is 0 Å². The SMILES string of the molecule is CCOc1cc(/C=N\NC(=O)c2ccc(Cl)cc2)cc(Cl)c1OCc1ccc(I)cc1. The number of nitrogens with zero attached hydrogens (tertiary/aromatic N) is 1. The van der Waals surface area contributed by atoms with Crippen LogP contribution in [0.1, 0.15) is 28.4 Å². The molecule has 0 saturated heterocycles. The molecule has 0 saturated carbocycles. The van der Waals surface area contributed by atoms with Crippen LogP contribution in [0.2, 0.25) is 10.0 Å². The molecule has 0 aliphatic carbocycles. The molecule has 8 heteroatoms. The Labute approximate surface area is 204 Å². The first kappa shape index (κ1) is 23.4. The van der Waals surface area contributed by atoms with Gasteiger partial charge in [0.1, 0.15) is 6.61 Å². The number of hydrogen-bond donors (Lipinski definition) is 1. The van der Waals surface area contributed by atoms with Crippen LogP contribution in [0.4, 0.5) is 0 Å². The smallest absolute Gasteiger partial charge is 0.271 e. The summed E-state index contributed by atoms with van der Waals surface area (Å²) in [5, 5.41) is 4.95. The van der Waals surface area contributed by atoms with Gasteiger partial charge in [0.25, 0.3) is 5.91 Å². The first-order chi connectivity index (χ1) is 15.0. The van der Waals surface area contributed by atoms with E-state index in [0.29, 0.717) is 45.9 Å². The third kappa shape index (κ3) is 6.85. The fraction of sp³-hybridized carbons (Fsp3) is 0.130. The first-order valence-corrected chi connectivity index (χ1v) is 11.2. The van der Waals surface area contributed by atoms with E-state index in [4.69, 9.17) is 32.7 Å². The van der Waals surface area contributed by atoms with E-state index in [1.54, 1.807) is 36.4 Å². The minimum Gasteiger partial charge on any atom is -0.490 e. The van der Waals surface area contributed by atoms with Gasteiger partial charge in [0.05, 0.1) is 17.8 Å². The Balaban J connectivity index is 1.71. The van der Waals surface area contributed by atoms with Crippen LogP contribution < -0.4 is 14.9 Å². The van der Waals surface area contributed by atoms with Crippen LogP contribution in [-0.2, 0) is 6.61 Å². The number of halogens is 3. The van der Waals surface area contributed by atoms with Gasteiger partial charge in [-0.1, -0.05) is 35.3 Å². The molecule has 0 fully saturated rings. The molecule has 1 N–H and O–H groups in total. The highest BCUT2D eigenvalue weighted by Crippen LogP contribution is 2.37. The normalized spacial score (nSPS) is 10.8. The van der Waals surface area contributed by atoms with Gasteiger partial charge in [0, 0.05) is 14.2 Å². The minimum atomic E-state index is -0.346. The van der Waals surface area contributed by atoms with Crippen molar-refractivity contribution in [1.82, 2.24) is 5.43 Å². The fourth-order valence-electron chi connectivity index (χ4n) is 2.63. The Hall–Kier alpha value is -2.29. The summed E-state index contributed by atoms with van der Waals surface area (Å²) in [6.07, 6.45) is 1.49. The fourth-order valence-corrected chi connectivity index (χ4v) is 3.39. The molecule has 0 atom stereocenters. The van der Waals surface area contributed by atoms with E-state index >= 15 is 0 Å². The number of ether oxygens (including phenoxy) is 2. The second-order valence-electron chi connectivity index (χ2n) is 6.38. The topological polar surface area (TPSA) is 59.9 Å². The predicted octanol–water partition coefficient (Wildman–Crippen LogP) is 6.34. The number of rotatable bonds is 8. The predicted molar refractivity (Wildman–Crippen MR) is 133 cm³/mol. The zero-order valence-electron chi connectivity index (χ0n) is 16.6. The molecule has 5 nitrogen and oxygen atoms in total. The maximum atomic E-state index is 12.1. The molecule has 0 aromatic heterocycles.